The van der Waals surface area contributed by atoms with Gasteiger partial charge in [-0.1, -0.05) is 42.5 Å². The van der Waals surface area contributed by atoms with Crippen molar-refractivity contribution in [3.05, 3.63) is 85.2 Å². The summed E-state index contributed by atoms with van der Waals surface area (Å²) in [6.07, 6.45) is 4.21. The van der Waals surface area contributed by atoms with Crippen LogP contribution in [0.15, 0.2) is 85.2 Å². The quantitative estimate of drug-likeness (QED) is 0.354. The Bertz CT molecular complexity index is 841. The van der Waals surface area contributed by atoms with E-state index in [1.807, 2.05) is 6.07 Å². The van der Waals surface area contributed by atoms with Crippen molar-refractivity contribution < 1.29 is 4.57 Å². The van der Waals surface area contributed by atoms with Crippen LogP contribution >= 0.6 is 0 Å². The molecule has 0 fully saturated rings. The van der Waals surface area contributed by atoms with Crippen LogP contribution in [0.5, 0.6) is 0 Å². The number of aromatic nitrogens is 1. The van der Waals surface area contributed by atoms with Crippen LogP contribution in [-0.4, -0.2) is 0 Å². The van der Waals surface area contributed by atoms with Crippen LogP contribution in [0.1, 0.15) is 0 Å². The topological polar surface area (TPSA) is 3.88 Å². The first-order valence-electron chi connectivity index (χ1n) is 6.81. The maximum atomic E-state index is 2.26. The lowest BCUT2D eigenvalue weighted by atomic mass is 10.0. The van der Waals surface area contributed by atoms with Crippen molar-refractivity contribution in [3.63, 3.8) is 0 Å². The molecule has 0 bridgehead atoms. The second kappa shape index (κ2) is 4.46. The molecule has 94 valence electrons. The molecule has 0 aliphatic rings. The molecule has 0 saturated carbocycles. The number of nitrogens with zero attached hydrogens (tertiary/aromatic N) is 1. The van der Waals surface area contributed by atoms with Crippen LogP contribution in [0.4, 0.5) is 0 Å². The fourth-order valence-electron chi connectivity index (χ4n) is 2.82. The van der Waals surface area contributed by atoms with Crippen LogP contribution in [0.25, 0.3) is 27.2 Å². The van der Waals surface area contributed by atoms with E-state index < -0.39 is 0 Å². The number of hydrogen-bond acceptors (Lipinski definition) is 0. The molecule has 0 radical (unpaired) electrons. The van der Waals surface area contributed by atoms with Crippen molar-refractivity contribution in [2.75, 3.05) is 0 Å². The molecular formula is C19H14N+. The van der Waals surface area contributed by atoms with Gasteiger partial charge in [0.15, 0.2) is 12.4 Å². The van der Waals surface area contributed by atoms with Crippen LogP contribution in [0, 0.1) is 0 Å². The maximum absolute atomic E-state index is 2.26. The molecule has 1 heterocycles. The highest BCUT2D eigenvalue weighted by Crippen LogP contribution is 2.28. The standard InChI is InChI=1S/C19H14N/c1-6-12-20(13-7-1)19-17-10-4-2-8-15(17)14-16-9-3-5-11-18(16)19/h1-14H/q+1. The molecule has 3 aromatic carbocycles. The fraction of sp³-hybridized carbons (Fsp3) is 0. The summed E-state index contributed by atoms with van der Waals surface area (Å²) in [5.41, 5.74) is 1.25. The summed E-state index contributed by atoms with van der Waals surface area (Å²) >= 11 is 0. The van der Waals surface area contributed by atoms with Gasteiger partial charge in [0, 0.05) is 12.1 Å². The van der Waals surface area contributed by atoms with Gasteiger partial charge in [0.25, 0.3) is 0 Å². The number of hydrogen-bond donors (Lipinski definition) is 0. The molecule has 0 aliphatic carbocycles. The molecule has 1 nitrogen and oxygen atoms in total. The summed E-state index contributed by atoms with van der Waals surface area (Å²) < 4.78 is 2.20. The van der Waals surface area contributed by atoms with Gasteiger partial charge in [-0.05, 0) is 29.0 Å². The minimum atomic E-state index is 1.25. The van der Waals surface area contributed by atoms with Crippen LogP contribution in [-0.2, 0) is 0 Å². The monoisotopic (exact) mass is 256 g/mol. The zero-order valence-corrected chi connectivity index (χ0v) is 11.0. The van der Waals surface area contributed by atoms with E-state index in [1.165, 1.54) is 27.2 Å². The zero-order chi connectivity index (χ0) is 13.4. The number of benzene rings is 3. The Balaban J connectivity index is 2.24. The molecular weight excluding hydrogens is 242 g/mol. The van der Waals surface area contributed by atoms with E-state index >= 15 is 0 Å². The second-order valence-electron chi connectivity index (χ2n) is 4.95. The Morgan fingerprint density at radius 2 is 1.10 bits per heavy atom. The first-order valence-corrected chi connectivity index (χ1v) is 6.81. The minimum absolute atomic E-state index is 1.25. The highest BCUT2D eigenvalue weighted by atomic mass is 14.9. The Labute approximate surface area is 117 Å². The van der Waals surface area contributed by atoms with Crippen LogP contribution in [0.3, 0.4) is 0 Å². The van der Waals surface area contributed by atoms with Gasteiger partial charge in [-0.3, -0.25) is 0 Å². The fourth-order valence-corrected chi connectivity index (χ4v) is 2.82. The maximum Gasteiger partial charge on any atom is 0.226 e. The minimum Gasteiger partial charge on any atom is -0.166 e. The van der Waals surface area contributed by atoms with E-state index in [0.29, 0.717) is 0 Å². The Morgan fingerprint density at radius 3 is 1.70 bits per heavy atom. The average Bonchev–Trinajstić information content (AvgIpc) is 2.53. The van der Waals surface area contributed by atoms with E-state index in [0.717, 1.165) is 0 Å². The van der Waals surface area contributed by atoms with Crippen LogP contribution < -0.4 is 4.57 Å². The largest absolute Gasteiger partial charge is 0.226 e. The van der Waals surface area contributed by atoms with Gasteiger partial charge in [-0.25, -0.2) is 0 Å². The van der Waals surface area contributed by atoms with Gasteiger partial charge in [0.1, 0.15) is 0 Å². The van der Waals surface area contributed by atoms with Gasteiger partial charge in [0.2, 0.25) is 5.69 Å². The van der Waals surface area contributed by atoms with Crippen LogP contribution in [0.2, 0.25) is 0 Å². The molecule has 0 spiro atoms. The number of fused-ring (bicyclic) bond motifs is 2. The SMILES string of the molecule is c1cc[n+](-c2c3ccccc3cc3ccccc23)cc1. The van der Waals surface area contributed by atoms with Crippen molar-refractivity contribution >= 4 is 21.5 Å². The van der Waals surface area contributed by atoms with E-state index in [2.05, 4.69) is 83.7 Å². The molecule has 20 heavy (non-hydrogen) atoms. The van der Waals surface area contributed by atoms with Crippen molar-refractivity contribution in [2.24, 2.45) is 0 Å². The smallest absolute Gasteiger partial charge is 0.166 e. The lowest BCUT2D eigenvalue weighted by Gasteiger charge is -2.06. The lowest BCUT2D eigenvalue weighted by Crippen LogP contribution is -2.29. The molecule has 0 amide bonds. The third kappa shape index (κ3) is 1.68. The molecule has 1 heteroatoms. The van der Waals surface area contributed by atoms with E-state index in [9.17, 15) is 0 Å². The van der Waals surface area contributed by atoms with Crippen molar-refractivity contribution in [1.82, 2.24) is 0 Å². The molecule has 4 aromatic rings. The van der Waals surface area contributed by atoms with Gasteiger partial charge in [-0.2, -0.15) is 4.57 Å². The third-order valence-electron chi connectivity index (χ3n) is 3.72. The van der Waals surface area contributed by atoms with Gasteiger partial charge < -0.3 is 0 Å². The molecule has 0 aliphatic heterocycles. The van der Waals surface area contributed by atoms with Gasteiger partial charge in [0.05, 0.1) is 10.8 Å². The third-order valence-corrected chi connectivity index (χ3v) is 3.72. The Hall–Kier alpha value is -2.67. The summed E-state index contributed by atoms with van der Waals surface area (Å²) in [4.78, 5) is 0. The first-order chi connectivity index (χ1) is 9.93. The molecule has 1 aromatic heterocycles. The highest BCUT2D eigenvalue weighted by Gasteiger charge is 2.15. The summed E-state index contributed by atoms with van der Waals surface area (Å²) in [5, 5.41) is 5.11. The summed E-state index contributed by atoms with van der Waals surface area (Å²) in [6.45, 7) is 0. The van der Waals surface area contributed by atoms with E-state index in [1.54, 1.807) is 0 Å². The summed E-state index contributed by atoms with van der Waals surface area (Å²) in [5.74, 6) is 0. The van der Waals surface area contributed by atoms with Crippen molar-refractivity contribution in [1.29, 1.82) is 0 Å². The predicted octanol–water partition coefficient (Wildman–Crippen LogP) is 4.27. The Morgan fingerprint density at radius 1 is 0.550 bits per heavy atom. The normalized spacial score (nSPS) is 11.0. The van der Waals surface area contributed by atoms with Crippen molar-refractivity contribution in [2.45, 2.75) is 0 Å². The first kappa shape index (κ1) is 11.2. The Kier molecular flexibility index (Phi) is 2.49. The molecule has 0 saturated heterocycles. The zero-order valence-electron chi connectivity index (χ0n) is 11.0. The van der Waals surface area contributed by atoms with Gasteiger partial charge in [-0.15, -0.1) is 0 Å². The number of rotatable bonds is 1. The molecule has 0 N–H and O–H groups in total. The van der Waals surface area contributed by atoms with E-state index in [-0.39, 0.29) is 0 Å². The summed E-state index contributed by atoms with van der Waals surface area (Å²) in [6, 6.07) is 25.6. The molecule has 0 atom stereocenters. The highest BCUT2D eigenvalue weighted by molar-refractivity contribution is 6.05. The molecule has 0 unspecified atom stereocenters. The number of pyridine rings is 1. The lowest BCUT2D eigenvalue weighted by molar-refractivity contribution is -0.592. The second-order valence-corrected chi connectivity index (χ2v) is 4.95. The van der Waals surface area contributed by atoms with Crippen molar-refractivity contribution in [3.8, 4) is 5.69 Å². The summed E-state index contributed by atoms with van der Waals surface area (Å²) in [7, 11) is 0. The van der Waals surface area contributed by atoms with E-state index in [4.69, 9.17) is 0 Å². The molecule has 4 rings (SSSR count). The average molecular weight is 256 g/mol. The predicted molar refractivity (Wildman–Crippen MR) is 83.0 cm³/mol. The van der Waals surface area contributed by atoms with Gasteiger partial charge >= 0.3 is 0 Å².